The van der Waals surface area contributed by atoms with Crippen molar-refractivity contribution in [1.82, 2.24) is 34.3 Å². The van der Waals surface area contributed by atoms with Crippen LogP contribution in [0, 0.1) is 5.41 Å². The van der Waals surface area contributed by atoms with Crippen LogP contribution < -0.4 is 25.0 Å². The molecule has 1 unspecified atom stereocenters. The van der Waals surface area contributed by atoms with Crippen molar-refractivity contribution in [3.63, 3.8) is 0 Å². The summed E-state index contributed by atoms with van der Waals surface area (Å²) >= 11 is 0. The SMILES string of the molecule is CNC(=O)N(CCC=O)c1nn(C)c2cc(C3CCN(CC(C)(C)Cc4cccc(S(=O)N5CCC(Nc6ncc(OC(F)F)c(OC)n6)CC5)c4)CC3)ccc12. The Kier molecular flexibility index (Phi) is 13.7. The highest BCUT2D eigenvalue weighted by molar-refractivity contribution is 7.82. The minimum Gasteiger partial charge on any atom is -0.478 e. The van der Waals surface area contributed by atoms with Gasteiger partial charge in [0.1, 0.15) is 17.3 Å². The Bertz CT molecular complexity index is 2030. The largest absolute Gasteiger partial charge is 0.478 e. The van der Waals surface area contributed by atoms with Gasteiger partial charge in [-0.2, -0.15) is 18.9 Å². The summed E-state index contributed by atoms with van der Waals surface area (Å²) in [5, 5.41) is 11.4. The number of hydrogen-bond acceptors (Lipinski definition) is 10. The van der Waals surface area contributed by atoms with Crippen molar-refractivity contribution in [2.24, 2.45) is 12.5 Å². The molecule has 2 amide bonds. The molecule has 2 aliphatic heterocycles. The molecule has 17 heteroatoms. The Morgan fingerprint density at radius 3 is 2.54 bits per heavy atom. The third-order valence-corrected chi connectivity index (χ3v) is 12.2. The number of piperidine rings is 2. The average Bonchev–Trinajstić information content (AvgIpc) is 3.53. The molecule has 2 aromatic carbocycles. The predicted octanol–water partition coefficient (Wildman–Crippen LogP) is 5.76. The molecule has 0 radical (unpaired) electrons. The number of carbonyl (C=O) groups is 2. The minimum absolute atomic E-state index is 0.00394. The highest BCUT2D eigenvalue weighted by Crippen LogP contribution is 2.35. The summed E-state index contributed by atoms with van der Waals surface area (Å²) in [6.45, 7) is 5.99. The van der Waals surface area contributed by atoms with Gasteiger partial charge in [-0.1, -0.05) is 32.0 Å². The van der Waals surface area contributed by atoms with E-state index in [2.05, 4.69) is 73.4 Å². The number of rotatable bonds is 16. The molecule has 0 bridgehead atoms. The van der Waals surface area contributed by atoms with Crippen LogP contribution in [0.5, 0.6) is 11.6 Å². The van der Waals surface area contributed by atoms with Gasteiger partial charge in [0.2, 0.25) is 11.7 Å². The normalized spacial score (nSPS) is 16.8. The highest BCUT2D eigenvalue weighted by atomic mass is 32.2. The number of alkyl halides is 2. The molecule has 2 fully saturated rings. The fraction of sp³-hybridized carbons (Fsp3) is 0.525. The lowest BCUT2D eigenvalue weighted by atomic mass is 9.83. The number of carbonyl (C=O) groups excluding carboxylic acids is 2. The molecule has 308 valence electrons. The molecule has 2 N–H and O–H groups in total. The number of aldehydes is 1. The Hall–Kier alpha value is -4.74. The van der Waals surface area contributed by atoms with Gasteiger partial charge in [0.25, 0.3) is 5.88 Å². The number of urea groups is 1. The molecule has 0 saturated carbocycles. The van der Waals surface area contributed by atoms with E-state index < -0.39 is 17.6 Å². The van der Waals surface area contributed by atoms with Crippen LogP contribution in [0.15, 0.2) is 53.6 Å². The molecule has 14 nitrogen and oxygen atoms in total. The lowest BCUT2D eigenvalue weighted by Crippen LogP contribution is -2.40. The first-order valence-electron chi connectivity index (χ1n) is 19.4. The number of methoxy groups -OCH3 is 1. The topological polar surface area (TPSA) is 147 Å². The number of aryl methyl sites for hydroxylation is 1. The van der Waals surface area contributed by atoms with Gasteiger partial charge in [-0.15, -0.1) is 0 Å². The van der Waals surface area contributed by atoms with Crippen LogP contribution in [0.3, 0.4) is 0 Å². The minimum atomic E-state index is -3.01. The summed E-state index contributed by atoms with van der Waals surface area (Å²) in [5.74, 6) is 0.918. The Morgan fingerprint density at radius 1 is 1.11 bits per heavy atom. The molecular formula is C40H53F2N9O5S. The fourth-order valence-corrected chi connectivity index (χ4v) is 9.26. The second-order valence-corrected chi connectivity index (χ2v) is 17.0. The zero-order valence-electron chi connectivity index (χ0n) is 33.2. The van der Waals surface area contributed by atoms with Gasteiger partial charge in [0, 0.05) is 58.1 Å². The fourth-order valence-electron chi connectivity index (χ4n) is 7.98. The number of halogens is 2. The maximum absolute atomic E-state index is 13.7. The molecule has 0 spiro atoms. The Morgan fingerprint density at radius 2 is 1.86 bits per heavy atom. The van der Waals surface area contributed by atoms with Crippen LogP contribution >= 0.6 is 0 Å². The number of likely N-dealkylation sites (tertiary alicyclic amines) is 1. The third-order valence-electron chi connectivity index (χ3n) is 10.7. The highest BCUT2D eigenvalue weighted by Gasteiger charge is 2.29. The lowest BCUT2D eigenvalue weighted by Gasteiger charge is -2.38. The molecular weight excluding hydrogens is 757 g/mol. The first-order chi connectivity index (χ1) is 27.4. The number of benzene rings is 2. The predicted molar refractivity (Wildman–Crippen MR) is 215 cm³/mol. The van der Waals surface area contributed by atoms with Crippen molar-refractivity contribution < 1.29 is 32.1 Å². The monoisotopic (exact) mass is 809 g/mol. The van der Waals surface area contributed by atoms with E-state index >= 15 is 0 Å². The van der Waals surface area contributed by atoms with Crippen LogP contribution in [0.2, 0.25) is 0 Å². The quantitative estimate of drug-likeness (QED) is 0.134. The summed E-state index contributed by atoms with van der Waals surface area (Å²) in [6, 6.07) is 14.2. The number of fused-ring (bicyclic) bond motifs is 1. The van der Waals surface area contributed by atoms with Gasteiger partial charge >= 0.3 is 12.6 Å². The van der Waals surface area contributed by atoms with E-state index in [9.17, 15) is 22.6 Å². The lowest BCUT2D eigenvalue weighted by molar-refractivity contribution is -0.107. The second kappa shape index (κ2) is 18.7. The van der Waals surface area contributed by atoms with Crippen molar-refractivity contribution in [3.05, 3.63) is 59.8 Å². The number of nitrogens with one attached hydrogen (secondary N) is 2. The second-order valence-electron chi connectivity index (χ2n) is 15.5. The maximum atomic E-state index is 13.7. The maximum Gasteiger partial charge on any atom is 0.387 e. The summed E-state index contributed by atoms with van der Waals surface area (Å²) < 4.78 is 52.3. The number of amides is 2. The van der Waals surface area contributed by atoms with Crippen LogP contribution in [0.25, 0.3) is 10.9 Å². The molecule has 0 aliphatic carbocycles. The Balaban J connectivity index is 0.996. The van der Waals surface area contributed by atoms with Crippen molar-refractivity contribution in [2.75, 3.05) is 63.6 Å². The van der Waals surface area contributed by atoms with Gasteiger partial charge in [-0.25, -0.2) is 18.3 Å². The van der Waals surface area contributed by atoms with E-state index in [-0.39, 0.29) is 48.0 Å². The van der Waals surface area contributed by atoms with Crippen LogP contribution in [-0.2, 0) is 29.2 Å². The molecule has 2 saturated heterocycles. The van der Waals surface area contributed by atoms with E-state index in [1.54, 1.807) is 7.05 Å². The average molecular weight is 810 g/mol. The van der Waals surface area contributed by atoms with Crippen molar-refractivity contribution in [3.8, 4) is 11.6 Å². The molecule has 6 rings (SSSR count). The smallest absolute Gasteiger partial charge is 0.387 e. The van der Waals surface area contributed by atoms with Gasteiger partial charge in [0.15, 0.2) is 5.82 Å². The van der Waals surface area contributed by atoms with Crippen molar-refractivity contribution in [2.45, 2.75) is 75.8 Å². The van der Waals surface area contributed by atoms with Crippen molar-refractivity contribution in [1.29, 1.82) is 0 Å². The molecule has 2 aromatic heterocycles. The number of aromatic nitrogens is 4. The standard InChI is InChI=1S/C40H53F2N9O5S/c1-40(2,26-49-17-12-28(13-18-49)29-10-11-32-33(23-29)48(4)47-35(32)51(16-7-21-52)39(53)43-3)24-27-8-6-9-31(22-27)57(54)50-19-14-30(15-20-50)45-38-44-25-34(56-37(41)42)36(46-38)55-5/h6,8-11,21-23,25,28,30,37H,7,12-20,24,26H2,1-5H3,(H,43,53)(H,44,45,46). The first kappa shape index (κ1) is 41.9. The molecule has 1 atom stereocenters. The number of ether oxygens (including phenoxy) is 2. The zero-order valence-corrected chi connectivity index (χ0v) is 34.1. The summed E-state index contributed by atoms with van der Waals surface area (Å²) in [5.41, 5.74) is 3.38. The summed E-state index contributed by atoms with van der Waals surface area (Å²) in [4.78, 5) is 36.8. The van der Waals surface area contributed by atoms with E-state index in [1.165, 1.54) is 17.6 Å². The number of nitrogens with zero attached hydrogens (tertiary/aromatic N) is 7. The summed E-state index contributed by atoms with van der Waals surface area (Å²) in [7, 11) is 3.47. The van der Waals surface area contributed by atoms with E-state index in [1.807, 2.05) is 34.2 Å². The third kappa shape index (κ3) is 10.4. The van der Waals surface area contributed by atoms with E-state index in [4.69, 9.17) is 4.74 Å². The number of anilines is 2. The van der Waals surface area contributed by atoms with Crippen molar-refractivity contribution >= 4 is 46.0 Å². The van der Waals surface area contributed by atoms with E-state index in [0.717, 1.165) is 72.7 Å². The molecule has 4 heterocycles. The van der Waals surface area contributed by atoms with E-state index in [0.29, 0.717) is 37.7 Å². The molecule has 4 aromatic rings. The van der Waals surface area contributed by atoms with Gasteiger partial charge < -0.3 is 29.8 Å². The van der Waals surface area contributed by atoms with Crippen LogP contribution in [0.4, 0.5) is 25.3 Å². The van der Waals surface area contributed by atoms with Gasteiger partial charge in [0.05, 0.1) is 23.7 Å². The molecule has 57 heavy (non-hydrogen) atoms. The number of hydrogen-bond donors (Lipinski definition) is 2. The Labute approximate surface area is 334 Å². The summed E-state index contributed by atoms with van der Waals surface area (Å²) in [6.07, 6.45) is 6.55. The zero-order chi connectivity index (χ0) is 40.7. The van der Waals surface area contributed by atoms with Gasteiger partial charge in [-0.05, 0) is 91.9 Å². The molecule has 2 aliphatic rings. The van der Waals surface area contributed by atoms with Crippen LogP contribution in [-0.4, -0.2) is 112 Å². The van der Waals surface area contributed by atoms with Gasteiger partial charge in [-0.3, -0.25) is 9.58 Å². The first-order valence-corrected chi connectivity index (χ1v) is 20.5. The van der Waals surface area contributed by atoms with Crippen LogP contribution in [0.1, 0.15) is 63.0 Å².